The number of rotatable bonds is 6. The van der Waals surface area contributed by atoms with Crippen LogP contribution in [0.25, 0.3) is 104 Å². The van der Waals surface area contributed by atoms with E-state index in [4.69, 9.17) is 0 Å². The minimum atomic E-state index is 0.170. The fraction of sp³-hybridized carbons (Fsp3) is 0.0617. The molecule has 85 heavy (non-hydrogen) atoms. The fourth-order valence-corrected chi connectivity index (χ4v) is 14.5. The van der Waals surface area contributed by atoms with Crippen LogP contribution in [-0.4, -0.2) is 9.13 Å². The molecule has 0 spiro atoms. The Bertz CT molecular complexity index is 5380. The summed E-state index contributed by atoms with van der Waals surface area (Å²) in [5.41, 5.74) is 20.1. The summed E-state index contributed by atoms with van der Waals surface area (Å²) in [5.74, 6) is 7.19. The van der Waals surface area contributed by atoms with E-state index < -0.39 is 0 Å². The van der Waals surface area contributed by atoms with Crippen LogP contribution in [0.1, 0.15) is 49.3 Å². The Hall–Kier alpha value is -10.9. The highest BCUT2D eigenvalue weighted by atomic mass is 15.2. The number of allylic oxidation sites excluding steroid dienone is 9. The van der Waals surface area contributed by atoms with Gasteiger partial charge in [-0.2, -0.15) is 0 Å². The van der Waals surface area contributed by atoms with Crippen LogP contribution >= 0.6 is 0 Å². The van der Waals surface area contributed by atoms with Gasteiger partial charge in [0, 0.05) is 90.0 Å². The number of hydrogen-bond acceptors (Lipinski definition) is 2. The Morgan fingerprint density at radius 1 is 0.459 bits per heavy atom. The number of benzene rings is 12. The van der Waals surface area contributed by atoms with Gasteiger partial charge < -0.3 is 18.9 Å². The van der Waals surface area contributed by atoms with Gasteiger partial charge >= 0.3 is 0 Å². The Balaban J connectivity index is 0.845. The van der Waals surface area contributed by atoms with Crippen LogP contribution in [-0.2, 0) is 0 Å². The molecular weight excluding hydrogens is 1030 g/mol. The maximum atomic E-state index is 3.59. The highest BCUT2D eigenvalue weighted by molar-refractivity contribution is 6.26. The van der Waals surface area contributed by atoms with Gasteiger partial charge in [-0.05, 0) is 159 Å². The molecule has 4 heteroatoms. The molecule has 0 saturated carbocycles. The summed E-state index contributed by atoms with van der Waals surface area (Å²) in [7, 11) is 0. The van der Waals surface area contributed by atoms with Gasteiger partial charge in [0.2, 0.25) is 0 Å². The standard InChI is InChI=1S/C81H56N4/c1-3-53-17-7-8-23-59(51-53)79-52(2)76-66-25-13-9-19-54(66)31-48-73(76)83(79)63-40-34-60(35-41-63)82(62-38-44-65(45-39-62)85-75-50-33-56-20-10-14-26-68(56)78(75)72-47-30-58-22-12-16-28-70(58)81(72)85)61-36-42-64(43-37-61)84-74-49-32-55-18-5-4-6-24-67(55)77(74)71-46-29-57-21-11-15-27-69(57)80(71)84/h3,5,7-23,25-50,52H,4,51H2,1-2H3/b53-3-,79-59+. The highest BCUT2D eigenvalue weighted by Gasteiger charge is 2.36. The second-order valence-electron chi connectivity index (χ2n) is 22.9. The minimum absolute atomic E-state index is 0.170. The molecule has 14 aromatic rings. The maximum absolute atomic E-state index is 3.59. The quantitative estimate of drug-likeness (QED) is 0.154. The molecule has 0 amide bonds. The van der Waals surface area contributed by atoms with E-state index in [0.717, 1.165) is 58.0 Å². The van der Waals surface area contributed by atoms with Crippen molar-refractivity contribution in [3.63, 3.8) is 0 Å². The molecule has 0 fully saturated rings. The van der Waals surface area contributed by atoms with Crippen molar-refractivity contribution in [2.24, 2.45) is 0 Å². The Kier molecular flexibility index (Phi) is 11.1. The molecule has 0 N–H and O–H groups in total. The normalized spacial score (nSPS) is 16.1. The monoisotopic (exact) mass is 1080 g/mol. The van der Waals surface area contributed by atoms with Crippen molar-refractivity contribution >= 4 is 121 Å². The van der Waals surface area contributed by atoms with E-state index in [0.29, 0.717) is 0 Å². The van der Waals surface area contributed by atoms with E-state index in [1.54, 1.807) is 0 Å². The van der Waals surface area contributed by atoms with Crippen molar-refractivity contribution < 1.29 is 0 Å². The summed E-state index contributed by atoms with van der Waals surface area (Å²) < 4.78 is 4.94. The smallest absolute Gasteiger partial charge is 0.0619 e. The molecule has 1 atom stereocenters. The summed E-state index contributed by atoms with van der Waals surface area (Å²) in [5, 5.41) is 14.9. The summed E-state index contributed by atoms with van der Waals surface area (Å²) in [4.78, 5) is 4.96. The summed E-state index contributed by atoms with van der Waals surface area (Å²) >= 11 is 0. The molecular formula is C81H56N4. The fourth-order valence-electron chi connectivity index (χ4n) is 14.5. The van der Waals surface area contributed by atoms with Gasteiger partial charge in [-0.15, -0.1) is 0 Å². The summed E-state index contributed by atoms with van der Waals surface area (Å²) in [6.45, 7) is 4.54. The molecule has 1 aliphatic heterocycles. The number of hydrogen-bond donors (Lipinski definition) is 0. The van der Waals surface area contributed by atoms with E-state index in [1.807, 2.05) is 0 Å². The van der Waals surface area contributed by atoms with Crippen LogP contribution in [0.2, 0.25) is 0 Å². The molecule has 3 aliphatic rings. The molecule has 3 heterocycles. The topological polar surface area (TPSA) is 16.3 Å². The van der Waals surface area contributed by atoms with Crippen LogP contribution in [0, 0.1) is 11.8 Å². The molecule has 12 aromatic carbocycles. The van der Waals surface area contributed by atoms with Crippen molar-refractivity contribution in [2.45, 2.75) is 32.6 Å². The molecule has 2 aliphatic carbocycles. The van der Waals surface area contributed by atoms with Crippen molar-refractivity contribution in [2.75, 3.05) is 9.80 Å². The molecule has 4 nitrogen and oxygen atoms in total. The third kappa shape index (κ3) is 7.57. The van der Waals surface area contributed by atoms with Crippen molar-refractivity contribution in [3.8, 4) is 23.2 Å². The molecule has 17 rings (SSSR count). The third-order valence-electron chi connectivity index (χ3n) is 18.3. The first kappa shape index (κ1) is 48.8. The number of fused-ring (bicyclic) bond motifs is 17. The van der Waals surface area contributed by atoms with Crippen LogP contribution < -0.4 is 9.80 Å². The third-order valence-corrected chi connectivity index (χ3v) is 18.3. The van der Waals surface area contributed by atoms with Crippen molar-refractivity contribution in [1.29, 1.82) is 0 Å². The Morgan fingerprint density at radius 2 is 0.965 bits per heavy atom. The average molecular weight is 1090 g/mol. The van der Waals surface area contributed by atoms with Gasteiger partial charge in [0.25, 0.3) is 0 Å². The SMILES string of the molecule is C/C=C1/C=CC=C/C(=C2/C(C)c3c(ccc4ccccc34)N2c2ccc(N(c3ccc(-n4c5ccc6c(c5c5ccc7ccccc7c54)C#CCC=C6)cc3)c3ccc(-n4c5ccc6ccccc6c5c5ccc6ccccc6c54)cc3)cc2)C1. The predicted octanol–water partition coefficient (Wildman–Crippen LogP) is 21.7. The van der Waals surface area contributed by atoms with Gasteiger partial charge in [0.05, 0.1) is 27.8 Å². The van der Waals surface area contributed by atoms with E-state index in [1.165, 1.54) is 115 Å². The van der Waals surface area contributed by atoms with E-state index in [2.05, 4.69) is 318 Å². The van der Waals surface area contributed by atoms with Crippen molar-refractivity contribution in [3.05, 3.63) is 301 Å². The zero-order chi connectivity index (χ0) is 56.3. The number of anilines is 5. The van der Waals surface area contributed by atoms with E-state index in [9.17, 15) is 0 Å². The van der Waals surface area contributed by atoms with E-state index in [-0.39, 0.29) is 5.92 Å². The molecule has 2 aromatic heterocycles. The zero-order valence-electron chi connectivity index (χ0n) is 47.3. The van der Waals surface area contributed by atoms with Crippen molar-refractivity contribution in [1.82, 2.24) is 9.13 Å². The molecule has 0 radical (unpaired) electrons. The minimum Gasteiger partial charge on any atom is -0.313 e. The summed E-state index contributed by atoms with van der Waals surface area (Å²) in [6.07, 6.45) is 17.2. The van der Waals surface area contributed by atoms with Gasteiger partial charge in [-0.3, -0.25) is 0 Å². The average Bonchev–Trinajstić information content (AvgIpc) is 1.81. The number of nitrogens with zero attached hydrogens (tertiary/aromatic N) is 4. The Morgan fingerprint density at radius 3 is 1.60 bits per heavy atom. The maximum Gasteiger partial charge on any atom is 0.0619 e. The Labute approximate surface area is 493 Å². The largest absolute Gasteiger partial charge is 0.313 e. The zero-order valence-corrected chi connectivity index (χ0v) is 47.3. The summed E-state index contributed by atoms with van der Waals surface area (Å²) in [6, 6.07) is 85.8. The van der Waals surface area contributed by atoms with Gasteiger partial charge in [-0.1, -0.05) is 201 Å². The second-order valence-corrected chi connectivity index (χ2v) is 22.9. The van der Waals surface area contributed by atoms with Gasteiger partial charge in [0.15, 0.2) is 0 Å². The lowest BCUT2D eigenvalue weighted by molar-refractivity contribution is 0.900. The van der Waals surface area contributed by atoms with Crippen LogP contribution in [0.15, 0.2) is 284 Å². The molecule has 0 saturated heterocycles. The second kappa shape index (κ2) is 19.4. The molecule has 0 bridgehead atoms. The number of aromatic nitrogens is 2. The van der Waals surface area contributed by atoms with Gasteiger partial charge in [-0.25, -0.2) is 0 Å². The lowest BCUT2D eigenvalue weighted by Gasteiger charge is -2.28. The lowest BCUT2D eigenvalue weighted by atomic mass is 9.91. The van der Waals surface area contributed by atoms with Gasteiger partial charge in [0.1, 0.15) is 0 Å². The molecule has 1 unspecified atom stereocenters. The lowest BCUT2D eigenvalue weighted by Crippen LogP contribution is -2.16. The predicted molar refractivity (Wildman–Crippen MR) is 361 cm³/mol. The molecule has 400 valence electrons. The first-order valence-electron chi connectivity index (χ1n) is 29.7. The first-order chi connectivity index (χ1) is 42.1. The van der Waals surface area contributed by atoms with Crippen LogP contribution in [0.5, 0.6) is 0 Å². The first-order valence-corrected chi connectivity index (χ1v) is 29.7. The van der Waals surface area contributed by atoms with Crippen LogP contribution in [0.3, 0.4) is 0 Å². The van der Waals surface area contributed by atoms with E-state index >= 15 is 0 Å². The highest BCUT2D eigenvalue weighted by Crippen LogP contribution is 2.53. The van der Waals surface area contributed by atoms with Crippen LogP contribution in [0.4, 0.5) is 28.4 Å².